The maximum Gasteiger partial charge on any atom is 0.119 e. The Kier molecular flexibility index (Phi) is 11.7. The van der Waals surface area contributed by atoms with Gasteiger partial charge in [-0.2, -0.15) is 0 Å². The minimum atomic E-state index is 0.213. The zero-order valence-corrected chi connectivity index (χ0v) is 26.1. The van der Waals surface area contributed by atoms with E-state index >= 15 is 0 Å². The van der Waals surface area contributed by atoms with Crippen LogP contribution in [0.15, 0.2) is 54.6 Å². The van der Waals surface area contributed by atoms with Crippen molar-refractivity contribution in [3.8, 4) is 5.75 Å². The van der Waals surface area contributed by atoms with Gasteiger partial charge in [0, 0.05) is 5.56 Å². The number of aromatic hydroxyl groups is 1. The molecule has 0 spiro atoms. The standard InChI is InChI=1S/C38H54O/c1-9-16-30-20-13-22-32(35(30)18-11-3)26(5)27(6)34-24-15-25-37(39)38(34)29(8)28(7)33-23-14-21-31(17-10-2)36(33)19-12-4/h13-15,20-29,39H,9-12,16-19H2,1-8H3. The first-order valence-electron chi connectivity index (χ1n) is 15.8. The fourth-order valence-electron chi connectivity index (χ4n) is 6.80. The number of benzene rings is 3. The SMILES string of the molecule is CCCc1cccc(C(C)C(C)c2cccc(O)c2C(C)C(C)c2cccc(CCC)c2CCC)c1CCC. The van der Waals surface area contributed by atoms with Crippen molar-refractivity contribution in [3.05, 3.63) is 99.1 Å². The van der Waals surface area contributed by atoms with Gasteiger partial charge >= 0.3 is 0 Å². The summed E-state index contributed by atoms with van der Waals surface area (Å²) in [5, 5.41) is 11.3. The van der Waals surface area contributed by atoms with E-state index in [-0.39, 0.29) is 5.92 Å². The molecule has 1 nitrogen and oxygen atoms in total. The second-order valence-electron chi connectivity index (χ2n) is 11.9. The molecule has 4 atom stereocenters. The topological polar surface area (TPSA) is 20.2 Å². The van der Waals surface area contributed by atoms with Crippen molar-refractivity contribution < 1.29 is 5.11 Å². The van der Waals surface area contributed by atoms with Gasteiger partial charge in [-0.1, -0.05) is 130 Å². The number of phenolic OH excluding ortho intramolecular Hbond substituents is 1. The van der Waals surface area contributed by atoms with Crippen molar-refractivity contribution in [2.45, 2.75) is 130 Å². The van der Waals surface area contributed by atoms with Crippen LogP contribution in [0.2, 0.25) is 0 Å². The maximum atomic E-state index is 11.3. The molecule has 3 rings (SSSR count). The second kappa shape index (κ2) is 14.7. The summed E-state index contributed by atoms with van der Waals surface area (Å²) in [5.74, 6) is 1.65. The van der Waals surface area contributed by atoms with Crippen molar-refractivity contribution >= 4 is 0 Å². The van der Waals surface area contributed by atoms with Crippen molar-refractivity contribution in [2.75, 3.05) is 0 Å². The lowest BCUT2D eigenvalue weighted by Crippen LogP contribution is -2.15. The summed E-state index contributed by atoms with van der Waals surface area (Å²) in [5.41, 5.74) is 11.5. The Morgan fingerprint density at radius 1 is 0.487 bits per heavy atom. The van der Waals surface area contributed by atoms with E-state index in [0.29, 0.717) is 23.5 Å². The van der Waals surface area contributed by atoms with Crippen LogP contribution in [0.1, 0.15) is 149 Å². The largest absolute Gasteiger partial charge is 0.508 e. The Morgan fingerprint density at radius 3 is 1.33 bits per heavy atom. The first kappa shape index (κ1) is 31.0. The average molecular weight is 527 g/mol. The number of phenols is 1. The molecule has 4 unspecified atom stereocenters. The molecule has 1 N–H and O–H groups in total. The second-order valence-corrected chi connectivity index (χ2v) is 11.9. The van der Waals surface area contributed by atoms with Gasteiger partial charge in [-0.05, 0) is 94.4 Å². The molecule has 0 aliphatic carbocycles. The van der Waals surface area contributed by atoms with Crippen molar-refractivity contribution in [2.24, 2.45) is 0 Å². The highest BCUT2D eigenvalue weighted by Crippen LogP contribution is 2.45. The molecule has 0 heterocycles. The number of hydrogen-bond donors (Lipinski definition) is 1. The van der Waals surface area contributed by atoms with E-state index in [0.717, 1.165) is 44.1 Å². The van der Waals surface area contributed by atoms with Gasteiger partial charge in [-0.15, -0.1) is 0 Å². The normalized spacial score (nSPS) is 14.7. The van der Waals surface area contributed by atoms with Crippen LogP contribution >= 0.6 is 0 Å². The van der Waals surface area contributed by atoms with Gasteiger partial charge in [0.2, 0.25) is 0 Å². The first-order chi connectivity index (χ1) is 18.8. The predicted octanol–water partition coefficient (Wildman–Crippen LogP) is 11.0. The Hall–Kier alpha value is -2.54. The average Bonchev–Trinajstić information content (AvgIpc) is 2.93. The molecule has 0 saturated heterocycles. The highest BCUT2D eigenvalue weighted by Gasteiger charge is 2.29. The van der Waals surface area contributed by atoms with Gasteiger partial charge in [0.05, 0.1) is 0 Å². The van der Waals surface area contributed by atoms with E-state index in [4.69, 9.17) is 0 Å². The van der Waals surface area contributed by atoms with Crippen LogP contribution in [0.3, 0.4) is 0 Å². The third-order valence-corrected chi connectivity index (χ3v) is 9.20. The van der Waals surface area contributed by atoms with Crippen LogP contribution in [0.25, 0.3) is 0 Å². The molecule has 3 aromatic carbocycles. The third-order valence-electron chi connectivity index (χ3n) is 9.20. The summed E-state index contributed by atoms with van der Waals surface area (Å²) in [6.07, 6.45) is 9.21. The van der Waals surface area contributed by atoms with Gasteiger partial charge in [0.25, 0.3) is 0 Å². The van der Waals surface area contributed by atoms with Gasteiger partial charge in [0.1, 0.15) is 5.75 Å². The van der Waals surface area contributed by atoms with Gasteiger partial charge in [0.15, 0.2) is 0 Å². The summed E-state index contributed by atoms with van der Waals surface area (Å²) in [6, 6.07) is 20.1. The minimum Gasteiger partial charge on any atom is -0.508 e. The Labute approximate surface area is 240 Å². The summed E-state index contributed by atoms with van der Waals surface area (Å²) >= 11 is 0. The number of aryl methyl sites for hydroxylation is 2. The Balaban J connectivity index is 2.05. The lowest BCUT2D eigenvalue weighted by Gasteiger charge is -2.31. The fourth-order valence-corrected chi connectivity index (χ4v) is 6.80. The molecule has 0 fully saturated rings. The van der Waals surface area contributed by atoms with E-state index in [1.807, 2.05) is 12.1 Å². The van der Waals surface area contributed by atoms with Crippen molar-refractivity contribution in [1.29, 1.82) is 0 Å². The van der Waals surface area contributed by atoms with Crippen LogP contribution in [0, 0.1) is 0 Å². The van der Waals surface area contributed by atoms with Crippen LogP contribution in [-0.2, 0) is 25.7 Å². The lowest BCUT2D eigenvalue weighted by molar-refractivity contribution is 0.451. The van der Waals surface area contributed by atoms with Gasteiger partial charge < -0.3 is 5.11 Å². The summed E-state index contributed by atoms with van der Waals surface area (Å²) < 4.78 is 0. The van der Waals surface area contributed by atoms with Crippen LogP contribution in [-0.4, -0.2) is 5.11 Å². The molecule has 0 aliphatic rings. The van der Waals surface area contributed by atoms with Crippen LogP contribution in [0.5, 0.6) is 5.75 Å². The van der Waals surface area contributed by atoms with E-state index < -0.39 is 0 Å². The van der Waals surface area contributed by atoms with E-state index in [1.54, 1.807) is 5.56 Å². The smallest absolute Gasteiger partial charge is 0.119 e. The molecular weight excluding hydrogens is 472 g/mol. The molecule has 0 radical (unpaired) electrons. The predicted molar refractivity (Wildman–Crippen MR) is 171 cm³/mol. The monoisotopic (exact) mass is 526 g/mol. The van der Waals surface area contributed by atoms with Crippen molar-refractivity contribution in [3.63, 3.8) is 0 Å². The third kappa shape index (κ3) is 6.97. The van der Waals surface area contributed by atoms with Gasteiger partial charge in [-0.25, -0.2) is 0 Å². The molecule has 212 valence electrons. The van der Waals surface area contributed by atoms with Crippen molar-refractivity contribution in [1.82, 2.24) is 0 Å². The van der Waals surface area contributed by atoms with E-state index in [9.17, 15) is 5.11 Å². The molecule has 0 bridgehead atoms. The molecule has 1 heteroatoms. The highest BCUT2D eigenvalue weighted by atomic mass is 16.3. The summed E-state index contributed by atoms with van der Waals surface area (Å²) in [6.45, 7) is 18.6. The fraction of sp³-hybridized carbons (Fsp3) is 0.526. The molecule has 0 saturated carbocycles. The molecule has 39 heavy (non-hydrogen) atoms. The quantitative estimate of drug-likeness (QED) is 0.221. The number of rotatable bonds is 14. The lowest BCUT2D eigenvalue weighted by atomic mass is 9.73. The Morgan fingerprint density at radius 2 is 0.872 bits per heavy atom. The van der Waals surface area contributed by atoms with E-state index in [2.05, 4.69) is 97.9 Å². The number of hydrogen-bond acceptors (Lipinski definition) is 1. The summed E-state index contributed by atoms with van der Waals surface area (Å²) in [7, 11) is 0. The minimum absolute atomic E-state index is 0.213. The summed E-state index contributed by atoms with van der Waals surface area (Å²) in [4.78, 5) is 0. The first-order valence-corrected chi connectivity index (χ1v) is 15.8. The molecular formula is C38H54O. The zero-order chi connectivity index (χ0) is 28.5. The molecule has 0 aromatic heterocycles. The molecule has 0 aliphatic heterocycles. The maximum absolute atomic E-state index is 11.3. The molecule has 0 amide bonds. The van der Waals surface area contributed by atoms with Gasteiger partial charge in [-0.3, -0.25) is 0 Å². The Bertz CT molecular complexity index is 1190. The van der Waals surface area contributed by atoms with Crippen LogP contribution < -0.4 is 0 Å². The highest BCUT2D eigenvalue weighted by molar-refractivity contribution is 5.49. The van der Waals surface area contributed by atoms with Crippen LogP contribution in [0.4, 0.5) is 0 Å². The zero-order valence-electron chi connectivity index (χ0n) is 26.1. The van der Waals surface area contributed by atoms with E-state index in [1.165, 1.54) is 46.2 Å². The molecule has 3 aromatic rings.